The molecule has 0 radical (unpaired) electrons. The van der Waals surface area contributed by atoms with Crippen LogP contribution in [0.1, 0.15) is 0 Å². The quantitative estimate of drug-likeness (QED) is 0.570. The Balaban J connectivity index is 2.35. The smallest absolute Gasteiger partial charge is 0.238 e. The topological polar surface area (TPSA) is 42.6 Å². The zero-order valence-electron chi connectivity index (χ0n) is 10.9. The monoisotopic (exact) mass is 370 g/mol. The fourth-order valence-corrected chi connectivity index (χ4v) is 2.91. The van der Waals surface area contributed by atoms with E-state index >= 15 is 0 Å². The van der Waals surface area contributed by atoms with Crippen molar-refractivity contribution in [2.75, 3.05) is 25.1 Å². The summed E-state index contributed by atoms with van der Waals surface area (Å²) in [5.74, 6) is 0.298. The second-order valence-electron chi connectivity index (χ2n) is 4.61. The minimum atomic E-state index is -0.553. The molecule has 0 N–H and O–H groups in total. The van der Waals surface area contributed by atoms with Crippen LogP contribution in [0.2, 0.25) is 5.02 Å². The standard InChI is InChI=1S/C13H9BrClFN4O/c1-17-3-6-4-21-12-7-11(10(16)8(14)9(12)15)18-5-19-13(7)20(6)2/h5-6H,3-4H2,2H3. The van der Waals surface area contributed by atoms with Crippen molar-refractivity contribution in [2.24, 2.45) is 0 Å². The van der Waals surface area contributed by atoms with Gasteiger partial charge in [0.2, 0.25) is 6.54 Å². The van der Waals surface area contributed by atoms with E-state index in [0.29, 0.717) is 17.0 Å². The number of hydrogen-bond donors (Lipinski definition) is 0. The van der Waals surface area contributed by atoms with E-state index in [9.17, 15) is 4.39 Å². The first-order chi connectivity index (χ1) is 10.1. The van der Waals surface area contributed by atoms with Crippen LogP contribution in [-0.4, -0.2) is 36.2 Å². The van der Waals surface area contributed by atoms with Gasteiger partial charge in [-0.2, -0.15) is 0 Å². The molecule has 5 nitrogen and oxygen atoms in total. The summed E-state index contributed by atoms with van der Waals surface area (Å²) in [7, 11) is 1.80. The van der Waals surface area contributed by atoms with Gasteiger partial charge >= 0.3 is 0 Å². The average Bonchev–Trinajstić information content (AvgIpc) is 2.63. The maximum Gasteiger partial charge on any atom is 0.238 e. The molecule has 0 spiro atoms. The molecule has 8 heteroatoms. The first-order valence-corrected chi connectivity index (χ1v) is 7.23. The lowest BCUT2D eigenvalue weighted by molar-refractivity contribution is 0.298. The van der Waals surface area contributed by atoms with Gasteiger partial charge in [-0.1, -0.05) is 11.6 Å². The van der Waals surface area contributed by atoms with Crippen molar-refractivity contribution >= 4 is 44.3 Å². The van der Waals surface area contributed by atoms with Crippen LogP contribution < -0.4 is 9.64 Å². The van der Waals surface area contributed by atoms with Gasteiger partial charge in [0, 0.05) is 7.05 Å². The van der Waals surface area contributed by atoms with Gasteiger partial charge in [0.05, 0.1) is 9.86 Å². The Hall–Kier alpha value is -1.65. The van der Waals surface area contributed by atoms with E-state index in [1.807, 2.05) is 4.90 Å². The Morgan fingerprint density at radius 3 is 3.10 bits per heavy atom. The number of anilines is 1. The molecule has 0 aliphatic carbocycles. The lowest BCUT2D eigenvalue weighted by Gasteiger charge is -2.22. The van der Waals surface area contributed by atoms with Gasteiger partial charge in [0.15, 0.2) is 11.6 Å². The highest BCUT2D eigenvalue weighted by molar-refractivity contribution is 9.10. The highest BCUT2D eigenvalue weighted by Gasteiger charge is 2.31. The summed E-state index contributed by atoms with van der Waals surface area (Å²) in [6.45, 7) is 7.55. The van der Waals surface area contributed by atoms with Gasteiger partial charge in [-0.15, -0.1) is 0 Å². The van der Waals surface area contributed by atoms with E-state index in [4.69, 9.17) is 22.9 Å². The highest BCUT2D eigenvalue weighted by atomic mass is 79.9. The predicted molar refractivity (Wildman–Crippen MR) is 81.4 cm³/mol. The largest absolute Gasteiger partial charge is 0.489 e. The third-order valence-electron chi connectivity index (χ3n) is 3.45. The average molecular weight is 372 g/mol. The summed E-state index contributed by atoms with van der Waals surface area (Å²) in [5, 5.41) is 0.575. The first kappa shape index (κ1) is 14.3. The third kappa shape index (κ3) is 2.10. The van der Waals surface area contributed by atoms with Crippen molar-refractivity contribution in [3.05, 3.63) is 33.1 Å². The van der Waals surface area contributed by atoms with Crippen molar-refractivity contribution in [2.45, 2.75) is 6.04 Å². The Kier molecular flexibility index (Phi) is 3.59. The fraction of sp³-hybridized carbons (Fsp3) is 0.308. The molecule has 2 heterocycles. The molecule has 108 valence electrons. The maximum absolute atomic E-state index is 14.3. The molecule has 1 aliphatic heterocycles. The van der Waals surface area contributed by atoms with Gasteiger partial charge in [0.1, 0.15) is 35.3 Å². The van der Waals surface area contributed by atoms with Crippen molar-refractivity contribution in [3.8, 4) is 5.75 Å². The summed E-state index contributed by atoms with van der Waals surface area (Å²) in [5.41, 5.74) is 0.140. The fourth-order valence-electron chi connectivity index (χ4n) is 2.31. The number of ether oxygens (including phenoxy) is 1. The van der Waals surface area contributed by atoms with Crippen LogP contribution in [-0.2, 0) is 0 Å². The van der Waals surface area contributed by atoms with E-state index in [2.05, 4.69) is 30.7 Å². The molecule has 1 atom stereocenters. The summed E-state index contributed by atoms with van der Waals surface area (Å²) in [6, 6.07) is -0.189. The number of nitrogens with zero attached hydrogens (tertiary/aromatic N) is 4. The molecular weight excluding hydrogens is 363 g/mol. The minimum absolute atomic E-state index is 0.114. The van der Waals surface area contributed by atoms with Crippen LogP contribution in [0.3, 0.4) is 0 Å². The molecule has 0 bridgehead atoms. The lowest BCUT2D eigenvalue weighted by atomic mass is 10.2. The maximum atomic E-state index is 14.3. The van der Waals surface area contributed by atoms with E-state index in [1.54, 1.807) is 7.05 Å². The van der Waals surface area contributed by atoms with Gasteiger partial charge in [-0.3, -0.25) is 0 Å². The summed E-state index contributed by atoms with van der Waals surface area (Å²) >= 11 is 9.30. The van der Waals surface area contributed by atoms with Crippen LogP contribution in [0.4, 0.5) is 10.2 Å². The van der Waals surface area contributed by atoms with Crippen molar-refractivity contribution in [1.82, 2.24) is 9.97 Å². The van der Waals surface area contributed by atoms with Crippen LogP contribution in [0, 0.1) is 12.4 Å². The molecule has 1 unspecified atom stereocenters. The Morgan fingerprint density at radius 1 is 1.62 bits per heavy atom. The number of aromatic nitrogens is 2. The lowest BCUT2D eigenvalue weighted by Crippen LogP contribution is -2.38. The number of rotatable bonds is 1. The number of benzene rings is 1. The molecule has 0 saturated heterocycles. The normalized spacial score (nSPS) is 17.3. The number of likely N-dealkylation sites (N-methyl/N-ethyl adjacent to an activating group) is 1. The van der Waals surface area contributed by atoms with Gasteiger partial charge in [0.25, 0.3) is 0 Å². The van der Waals surface area contributed by atoms with E-state index in [1.165, 1.54) is 6.33 Å². The Morgan fingerprint density at radius 2 is 2.38 bits per heavy atom. The molecular formula is C13H9BrClFN4O. The Labute approximate surface area is 133 Å². The molecule has 1 aromatic heterocycles. The zero-order valence-corrected chi connectivity index (χ0v) is 13.2. The minimum Gasteiger partial charge on any atom is -0.489 e. The zero-order chi connectivity index (χ0) is 15.1. The van der Waals surface area contributed by atoms with Crippen molar-refractivity contribution in [1.29, 1.82) is 0 Å². The van der Waals surface area contributed by atoms with Crippen LogP contribution in [0.5, 0.6) is 5.75 Å². The summed E-state index contributed by atoms with van der Waals surface area (Å²) < 4.78 is 20.2. The molecule has 0 amide bonds. The first-order valence-electron chi connectivity index (χ1n) is 6.06. The Bertz CT molecular complexity index is 779. The summed E-state index contributed by atoms with van der Waals surface area (Å²) in [4.78, 5) is 13.4. The number of halogens is 3. The molecule has 2 aromatic rings. The van der Waals surface area contributed by atoms with Gasteiger partial charge in [-0.05, 0) is 15.9 Å². The van der Waals surface area contributed by atoms with Crippen molar-refractivity contribution < 1.29 is 9.13 Å². The third-order valence-corrected chi connectivity index (χ3v) is 4.78. The van der Waals surface area contributed by atoms with E-state index in [0.717, 1.165) is 0 Å². The molecule has 0 fully saturated rings. The van der Waals surface area contributed by atoms with Crippen LogP contribution >= 0.6 is 27.5 Å². The molecule has 1 aromatic carbocycles. The highest BCUT2D eigenvalue weighted by Crippen LogP contribution is 2.45. The second kappa shape index (κ2) is 5.28. The van der Waals surface area contributed by atoms with Crippen molar-refractivity contribution in [3.63, 3.8) is 0 Å². The van der Waals surface area contributed by atoms with E-state index < -0.39 is 5.82 Å². The van der Waals surface area contributed by atoms with E-state index in [-0.39, 0.29) is 34.2 Å². The molecule has 21 heavy (non-hydrogen) atoms. The van der Waals surface area contributed by atoms with Crippen LogP contribution in [0.25, 0.3) is 15.7 Å². The predicted octanol–water partition coefficient (Wildman–Crippen LogP) is 3.30. The number of hydrogen-bond acceptors (Lipinski definition) is 4. The molecule has 1 aliphatic rings. The SMILES string of the molecule is [C-]#[N+]CC1COc2c(Cl)c(Br)c(F)c3ncnc(c23)N1C. The van der Waals surface area contributed by atoms with Gasteiger partial charge in [-0.25, -0.2) is 20.9 Å². The van der Waals surface area contributed by atoms with Crippen LogP contribution in [0.15, 0.2) is 10.8 Å². The van der Waals surface area contributed by atoms with Gasteiger partial charge < -0.3 is 14.5 Å². The second-order valence-corrected chi connectivity index (χ2v) is 5.78. The molecule has 0 saturated carbocycles. The molecule has 3 rings (SSSR count). The summed E-state index contributed by atoms with van der Waals surface area (Å²) in [6.07, 6.45) is 1.29.